The summed E-state index contributed by atoms with van der Waals surface area (Å²) in [4.78, 5) is 0. The number of hydrogen-bond donors (Lipinski definition) is 0. The van der Waals surface area contributed by atoms with E-state index in [0.29, 0.717) is 0 Å². The first-order chi connectivity index (χ1) is 11.8. The Morgan fingerprint density at radius 1 is 0.542 bits per heavy atom. The fraction of sp³-hybridized carbons (Fsp3) is 1.00. The van der Waals surface area contributed by atoms with Crippen LogP contribution in [-0.4, -0.2) is 13.4 Å². The molecule has 0 aliphatic carbocycles. The third-order valence-corrected chi connectivity index (χ3v) is 9.26. The fourth-order valence-corrected chi connectivity index (χ4v) is 8.57. The lowest BCUT2D eigenvalue weighted by Crippen LogP contribution is -2.46. The highest BCUT2D eigenvalue weighted by molar-refractivity contribution is 6.70. The zero-order valence-corrected chi connectivity index (χ0v) is 16.5. The van der Waals surface area contributed by atoms with Gasteiger partial charge in [-0.1, -0.05) is 139 Å². The Balaban J connectivity index is 1.58. The minimum absolute atomic E-state index is 1.07. The predicted molar refractivity (Wildman–Crippen MR) is 110 cm³/mol. The minimum Gasteiger partial charge on any atom is -0.0658 e. The molecule has 4 rings (SSSR count). The summed E-state index contributed by atoms with van der Waals surface area (Å²) in [6.45, 7) is 7.34. The molecule has 4 fully saturated rings. The Kier molecular flexibility index (Phi) is 5.69. The fourth-order valence-electron chi connectivity index (χ4n) is 8.57. The molecule has 2 unspecified atom stereocenters. The molecule has 4 bridgehead atoms. The van der Waals surface area contributed by atoms with E-state index in [-0.39, 0.29) is 0 Å². The first-order valence-corrected chi connectivity index (χ1v) is 11.8. The highest BCUT2D eigenvalue weighted by atomic mass is 14.3. The smallest absolute Gasteiger partial charge is 0.0658 e. The van der Waals surface area contributed by atoms with Crippen molar-refractivity contribution in [3.63, 3.8) is 0 Å². The Morgan fingerprint density at radius 3 is 1.00 bits per heavy atom. The molecule has 4 saturated heterocycles. The molecule has 4 heterocycles. The van der Waals surface area contributed by atoms with Crippen molar-refractivity contribution in [2.75, 3.05) is 0 Å². The van der Waals surface area contributed by atoms with Gasteiger partial charge in [0.25, 0.3) is 0 Å². The molecule has 0 spiro atoms. The zero-order chi connectivity index (χ0) is 16.5. The standard InChI is InChI=1S/C22H40B2/c1-3-21(23-17-9-5-10-18(23)12-6-11-17)22(4-2)24-19-13-7-14-20(24)16-8-15-19/h17-22H,3-16H2,1-2H3. The van der Waals surface area contributed by atoms with Crippen LogP contribution in [0, 0.1) is 0 Å². The van der Waals surface area contributed by atoms with E-state index in [1.54, 1.807) is 77.0 Å². The average molecular weight is 326 g/mol. The van der Waals surface area contributed by atoms with E-state index < -0.39 is 0 Å². The van der Waals surface area contributed by atoms with Gasteiger partial charge >= 0.3 is 0 Å². The maximum Gasteiger partial charge on any atom is 0.149 e. The van der Waals surface area contributed by atoms with Crippen molar-refractivity contribution in [2.45, 2.75) is 139 Å². The molecule has 0 saturated carbocycles. The second-order valence-electron chi connectivity index (χ2n) is 10.1. The quantitative estimate of drug-likeness (QED) is 0.453. The van der Waals surface area contributed by atoms with E-state index >= 15 is 0 Å². The molecule has 4 aliphatic heterocycles. The van der Waals surface area contributed by atoms with E-state index in [2.05, 4.69) is 13.8 Å². The number of fused-ring (bicyclic) bond motifs is 4. The molecule has 2 atom stereocenters. The SMILES string of the molecule is CCC(B1C2CCCC1CCC2)C(CC)B1C2CCCC1CCC2. The molecule has 0 nitrogen and oxygen atoms in total. The van der Waals surface area contributed by atoms with Crippen molar-refractivity contribution in [1.82, 2.24) is 0 Å². The summed E-state index contributed by atoms with van der Waals surface area (Å²) in [5.41, 5.74) is 0. The van der Waals surface area contributed by atoms with Crippen LogP contribution in [0.1, 0.15) is 104 Å². The van der Waals surface area contributed by atoms with Crippen LogP contribution < -0.4 is 0 Å². The minimum atomic E-state index is 1.07. The molecule has 4 aliphatic rings. The highest BCUT2D eigenvalue weighted by Crippen LogP contribution is 2.59. The Hall–Kier alpha value is 0.130. The van der Waals surface area contributed by atoms with E-state index in [0.717, 1.165) is 48.3 Å². The van der Waals surface area contributed by atoms with Crippen LogP contribution in [0.4, 0.5) is 0 Å². The summed E-state index contributed by atoms with van der Waals surface area (Å²) < 4.78 is 0. The molecule has 0 N–H and O–H groups in total. The monoisotopic (exact) mass is 326 g/mol. The zero-order valence-electron chi connectivity index (χ0n) is 16.5. The van der Waals surface area contributed by atoms with E-state index in [1.165, 1.54) is 12.8 Å². The van der Waals surface area contributed by atoms with Gasteiger partial charge in [-0.2, -0.15) is 0 Å². The van der Waals surface area contributed by atoms with Gasteiger partial charge in [0, 0.05) is 0 Å². The third kappa shape index (κ3) is 3.14. The Labute approximate surface area is 152 Å². The van der Waals surface area contributed by atoms with Crippen molar-refractivity contribution in [1.29, 1.82) is 0 Å². The lowest BCUT2D eigenvalue weighted by atomic mass is 9.13. The van der Waals surface area contributed by atoms with Gasteiger partial charge in [-0.05, 0) is 0 Å². The average Bonchev–Trinajstić information content (AvgIpc) is 2.58. The van der Waals surface area contributed by atoms with Crippen LogP contribution in [0.2, 0.25) is 34.9 Å². The van der Waals surface area contributed by atoms with Crippen LogP contribution in [0.15, 0.2) is 0 Å². The van der Waals surface area contributed by atoms with E-state index in [9.17, 15) is 0 Å². The van der Waals surface area contributed by atoms with Gasteiger partial charge in [-0.3, -0.25) is 0 Å². The molecule has 0 aromatic carbocycles. The van der Waals surface area contributed by atoms with E-state index in [1.807, 2.05) is 0 Å². The van der Waals surface area contributed by atoms with Crippen molar-refractivity contribution in [3.05, 3.63) is 0 Å². The van der Waals surface area contributed by atoms with Gasteiger partial charge in [0.05, 0.1) is 0 Å². The second kappa shape index (κ2) is 7.79. The van der Waals surface area contributed by atoms with Gasteiger partial charge in [-0.25, -0.2) is 0 Å². The third-order valence-electron chi connectivity index (χ3n) is 9.26. The Bertz CT molecular complexity index is 327. The summed E-state index contributed by atoms with van der Waals surface area (Å²) in [7, 11) is 0. The van der Waals surface area contributed by atoms with Crippen molar-refractivity contribution < 1.29 is 0 Å². The first kappa shape index (κ1) is 17.5. The molecule has 0 radical (unpaired) electrons. The highest BCUT2D eigenvalue weighted by Gasteiger charge is 2.50. The van der Waals surface area contributed by atoms with E-state index in [4.69, 9.17) is 0 Å². The molecule has 0 amide bonds. The van der Waals surface area contributed by atoms with Crippen molar-refractivity contribution in [2.24, 2.45) is 0 Å². The van der Waals surface area contributed by atoms with Crippen LogP contribution in [0.5, 0.6) is 0 Å². The van der Waals surface area contributed by atoms with Gasteiger partial charge in [-0.15, -0.1) is 0 Å². The van der Waals surface area contributed by atoms with Crippen molar-refractivity contribution >= 4 is 13.4 Å². The molecule has 0 aromatic rings. The summed E-state index contributed by atoms with van der Waals surface area (Å²) in [6.07, 6.45) is 21.8. The maximum absolute atomic E-state index is 2.55. The number of hydrogen-bond acceptors (Lipinski definition) is 0. The van der Waals surface area contributed by atoms with Crippen LogP contribution >= 0.6 is 0 Å². The molecule has 2 heteroatoms. The molecule has 0 aromatic heterocycles. The normalized spacial score (nSPS) is 38.8. The second-order valence-corrected chi connectivity index (χ2v) is 10.1. The van der Waals surface area contributed by atoms with Crippen LogP contribution in [0.3, 0.4) is 0 Å². The molecule has 24 heavy (non-hydrogen) atoms. The summed E-state index contributed by atoms with van der Waals surface area (Å²) >= 11 is 0. The largest absolute Gasteiger partial charge is 0.149 e. The molecular weight excluding hydrogens is 286 g/mol. The Morgan fingerprint density at radius 2 is 0.792 bits per heavy atom. The summed E-state index contributed by atoms with van der Waals surface area (Å²) in [5, 5.41) is 0. The number of rotatable bonds is 5. The first-order valence-electron chi connectivity index (χ1n) is 11.8. The topological polar surface area (TPSA) is 0 Å². The lowest BCUT2D eigenvalue weighted by molar-refractivity contribution is 0.412. The van der Waals surface area contributed by atoms with Gasteiger partial charge in [0.2, 0.25) is 0 Å². The molecular formula is C22H40B2. The lowest BCUT2D eigenvalue weighted by Gasteiger charge is -2.51. The predicted octanol–water partition coefficient (Wildman–Crippen LogP) is 7.75. The molecule has 134 valence electrons. The van der Waals surface area contributed by atoms with Gasteiger partial charge in [0.1, 0.15) is 13.4 Å². The summed E-state index contributed by atoms with van der Waals surface area (Å²) in [6, 6.07) is 0. The van der Waals surface area contributed by atoms with Gasteiger partial charge < -0.3 is 0 Å². The van der Waals surface area contributed by atoms with Gasteiger partial charge in [0.15, 0.2) is 0 Å². The van der Waals surface area contributed by atoms with Crippen LogP contribution in [-0.2, 0) is 0 Å². The maximum atomic E-state index is 2.55. The van der Waals surface area contributed by atoms with Crippen molar-refractivity contribution in [3.8, 4) is 0 Å². The summed E-state index contributed by atoms with van der Waals surface area (Å²) in [5.74, 6) is 6.58. The van der Waals surface area contributed by atoms with Crippen LogP contribution in [0.25, 0.3) is 0 Å².